The monoisotopic (exact) mass is 272 g/mol. The first kappa shape index (κ1) is 12.3. The molecule has 6 heteroatoms. The van der Waals surface area contributed by atoms with E-state index in [9.17, 15) is 8.42 Å². The fraction of sp³-hybridized carbons (Fsp3) is 0.917. The van der Waals surface area contributed by atoms with Gasteiger partial charge in [0.25, 0.3) is 10.0 Å². The van der Waals surface area contributed by atoms with E-state index in [0.717, 1.165) is 12.8 Å². The first-order valence-corrected chi connectivity index (χ1v) is 8.25. The number of amidine groups is 1. The lowest BCUT2D eigenvalue weighted by Crippen LogP contribution is -2.48. The number of hydrogen-bond acceptors (Lipinski definition) is 4. The highest BCUT2D eigenvalue weighted by Gasteiger charge is 2.62. The summed E-state index contributed by atoms with van der Waals surface area (Å²) in [5.41, 5.74) is 0. The molecule has 0 amide bonds. The number of sulfonamides is 1. The Bertz CT molecular complexity index is 462. The van der Waals surface area contributed by atoms with E-state index in [0.29, 0.717) is 18.9 Å². The molecule has 3 rings (SSSR count). The van der Waals surface area contributed by atoms with Gasteiger partial charge in [-0.15, -0.1) is 4.40 Å². The first-order valence-electron chi connectivity index (χ1n) is 6.81. The summed E-state index contributed by atoms with van der Waals surface area (Å²) in [5, 5.41) is 3.16. The summed E-state index contributed by atoms with van der Waals surface area (Å²) in [5.74, 6) is 0. The van der Waals surface area contributed by atoms with Crippen molar-refractivity contribution in [2.24, 2.45) is 4.40 Å². The smallest absolute Gasteiger partial charge is 0.301 e. The summed E-state index contributed by atoms with van der Waals surface area (Å²) in [7, 11) is -3.40. The zero-order chi connectivity index (χ0) is 12.8. The average molecular weight is 272 g/mol. The number of nitrogens with one attached hydrogen (secondary N) is 1. The zero-order valence-corrected chi connectivity index (χ0v) is 11.5. The van der Waals surface area contributed by atoms with Gasteiger partial charge in [-0.1, -0.05) is 19.3 Å². The van der Waals surface area contributed by atoms with Crippen molar-refractivity contribution in [2.45, 2.75) is 68.8 Å². The van der Waals surface area contributed by atoms with Crippen molar-refractivity contribution in [3.63, 3.8) is 0 Å². The molecule has 3 aliphatic rings. The molecule has 102 valence electrons. The fourth-order valence-electron chi connectivity index (χ4n) is 2.98. The van der Waals surface area contributed by atoms with Crippen LogP contribution in [0.5, 0.6) is 0 Å². The second-order valence-electron chi connectivity index (χ2n) is 5.68. The van der Waals surface area contributed by atoms with Gasteiger partial charge >= 0.3 is 6.02 Å². The maximum absolute atomic E-state index is 12.1. The second kappa shape index (κ2) is 4.11. The van der Waals surface area contributed by atoms with Crippen LogP contribution in [0.2, 0.25) is 0 Å². The Kier molecular flexibility index (Phi) is 2.80. The molecular formula is C12H20N2O3S. The maximum atomic E-state index is 12.1. The standard InChI is InChI=1S/C12H20N2O3S/c1-9-12(7-8-12)18(15,16)14-11(17-9)13-10-5-3-2-4-6-10/h9-10H,2-8H2,1H3,(H,13,14). The number of rotatable bonds is 1. The molecule has 0 aromatic heterocycles. The molecule has 0 bridgehead atoms. The van der Waals surface area contributed by atoms with Crippen molar-refractivity contribution in [2.75, 3.05) is 0 Å². The van der Waals surface area contributed by atoms with E-state index in [1.165, 1.54) is 19.3 Å². The summed E-state index contributed by atoms with van der Waals surface area (Å²) in [4.78, 5) is 0. The van der Waals surface area contributed by atoms with Gasteiger partial charge in [-0.25, -0.2) is 8.42 Å². The Balaban J connectivity index is 1.75. The van der Waals surface area contributed by atoms with Gasteiger partial charge in [0.15, 0.2) is 0 Å². The SMILES string of the molecule is CC1OC(NC2CCCCC2)=NS(=O)(=O)C12CC2. The maximum Gasteiger partial charge on any atom is 0.301 e. The van der Waals surface area contributed by atoms with E-state index >= 15 is 0 Å². The number of hydrogen-bond donors (Lipinski definition) is 1. The Hall–Kier alpha value is -0.780. The minimum Gasteiger partial charge on any atom is -0.460 e. The van der Waals surface area contributed by atoms with Gasteiger partial charge in [-0.2, -0.15) is 0 Å². The summed E-state index contributed by atoms with van der Waals surface area (Å²) in [6.07, 6.45) is 6.86. The lowest BCUT2D eigenvalue weighted by Gasteiger charge is -2.31. The molecule has 0 radical (unpaired) electrons. The van der Waals surface area contributed by atoms with Crippen LogP contribution in [0.1, 0.15) is 51.9 Å². The van der Waals surface area contributed by atoms with Crippen LogP contribution in [0.3, 0.4) is 0 Å². The fourth-order valence-corrected chi connectivity index (χ4v) is 4.56. The molecule has 2 fully saturated rings. The summed E-state index contributed by atoms with van der Waals surface area (Å²) in [6.45, 7) is 1.84. The lowest BCUT2D eigenvalue weighted by molar-refractivity contribution is 0.172. The van der Waals surface area contributed by atoms with E-state index in [1.54, 1.807) is 0 Å². The quantitative estimate of drug-likeness (QED) is 0.786. The van der Waals surface area contributed by atoms with Crippen molar-refractivity contribution in [3.8, 4) is 0 Å². The molecule has 1 unspecified atom stereocenters. The van der Waals surface area contributed by atoms with Crippen molar-refractivity contribution in [3.05, 3.63) is 0 Å². The molecule has 1 spiro atoms. The molecule has 5 nitrogen and oxygen atoms in total. The van der Waals surface area contributed by atoms with Gasteiger partial charge < -0.3 is 10.1 Å². The summed E-state index contributed by atoms with van der Waals surface area (Å²) >= 11 is 0. The van der Waals surface area contributed by atoms with Gasteiger partial charge in [0.2, 0.25) is 0 Å². The molecule has 1 heterocycles. The van der Waals surface area contributed by atoms with Crippen molar-refractivity contribution >= 4 is 16.0 Å². The van der Waals surface area contributed by atoms with E-state index in [2.05, 4.69) is 9.71 Å². The van der Waals surface area contributed by atoms with Crippen LogP contribution >= 0.6 is 0 Å². The third kappa shape index (κ3) is 1.90. The Morgan fingerprint density at radius 2 is 1.94 bits per heavy atom. The predicted octanol–water partition coefficient (Wildman–Crippen LogP) is 1.55. The van der Waals surface area contributed by atoms with Crippen LogP contribution in [-0.4, -0.2) is 31.3 Å². The Morgan fingerprint density at radius 3 is 2.50 bits per heavy atom. The molecule has 1 atom stereocenters. The normalized spacial score (nSPS) is 33.6. The summed E-state index contributed by atoms with van der Waals surface area (Å²) in [6, 6.07) is 0.528. The molecule has 2 aliphatic carbocycles. The van der Waals surface area contributed by atoms with Gasteiger partial charge in [0.05, 0.1) is 0 Å². The molecule has 0 saturated heterocycles. The molecule has 18 heavy (non-hydrogen) atoms. The predicted molar refractivity (Wildman–Crippen MR) is 68.9 cm³/mol. The number of nitrogens with zero attached hydrogens (tertiary/aromatic N) is 1. The van der Waals surface area contributed by atoms with Crippen molar-refractivity contribution in [1.82, 2.24) is 5.32 Å². The van der Waals surface area contributed by atoms with E-state index < -0.39 is 14.8 Å². The second-order valence-corrected chi connectivity index (χ2v) is 7.62. The topological polar surface area (TPSA) is 67.8 Å². The van der Waals surface area contributed by atoms with E-state index in [-0.39, 0.29) is 12.1 Å². The van der Waals surface area contributed by atoms with Crippen molar-refractivity contribution in [1.29, 1.82) is 0 Å². The van der Waals surface area contributed by atoms with Crippen LogP contribution in [-0.2, 0) is 14.8 Å². The van der Waals surface area contributed by atoms with Gasteiger partial charge in [-0.05, 0) is 32.6 Å². The van der Waals surface area contributed by atoms with Gasteiger partial charge in [0, 0.05) is 6.04 Å². The zero-order valence-electron chi connectivity index (χ0n) is 10.7. The molecular weight excluding hydrogens is 252 g/mol. The van der Waals surface area contributed by atoms with Crippen LogP contribution in [0.4, 0.5) is 0 Å². The third-order valence-electron chi connectivity index (χ3n) is 4.42. The Labute approximate surface area is 108 Å². The van der Waals surface area contributed by atoms with Crippen LogP contribution in [0, 0.1) is 0 Å². The molecule has 1 N–H and O–H groups in total. The van der Waals surface area contributed by atoms with Crippen LogP contribution in [0.25, 0.3) is 0 Å². The highest BCUT2D eigenvalue weighted by molar-refractivity contribution is 7.92. The van der Waals surface area contributed by atoms with Gasteiger partial charge in [-0.3, -0.25) is 0 Å². The summed E-state index contributed by atoms with van der Waals surface area (Å²) < 4.78 is 33.0. The number of ether oxygens (including phenoxy) is 1. The minimum atomic E-state index is -3.40. The highest BCUT2D eigenvalue weighted by atomic mass is 32.2. The Morgan fingerprint density at radius 1 is 1.28 bits per heavy atom. The average Bonchev–Trinajstić information content (AvgIpc) is 3.09. The molecule has 0 aromatic carbocycles. The molecule has 2 saturated carbocycles. The molecule has 1 aliphatic heterocycles. The third-order valence-corrected chi connectivity index (χ3v) is 6.60. The first-order chi connectivity index (χ1) is 8.53. The van der Waals surface area contributed by atoms with E-state index in [1.807, 2.05) is 6.92 Å². The highest BCUT2D eigenvalue weighted by Crippen LogP contribution is 2.50. The minimum absolute atomic E-state index is 0.215. The van der Waals surface area contributed by atoms with Crippen LogP contribution < -0.4 is 5.32 Å². The van der Waals surface area contributed by atoms with E-state index in [4.69, 9.17) is 4.74 Å². The van der Waals surface area contributed by atoms with Gasteiger partial charge in [0.1, 0.15) is 10.9 Å². The van der Waals surface area contributed by atoms with Crippen LogP contribution in [0.15, 0.2) is 4.40 Å². The largest absolute Gasteiger partial charge is 0.460 e. The van der Waals surface area contributed by atoms with Crippen molar-refractivity contribution < 1.29 is 13.2 Å². The molecule has 0 aromatic rings. The lowest BCUT2D eigenvalue weighted by atomic mass is 9.96.